The minimum Gasteiger partial charge on any atom is -0.396 e. The van der Waals surface area contributed by atoms with Crippen LogP contribution in [0, 0.1) is 0 Å². The lowest BCUT2D eigenvalue weighted by molar-refractivity contribution is 0.0835. The van der Waals surface area contributed by atoms with Gasteiger partial charge in [-0.3, -0.25) is 14.5 Å². The smallest absolute Gasteiger partial charge is 0.264 e. The van der Waals surface area contributed by atoms with Crippen LogP contribution in [-0.2, 0) is 0 Å². The number of pyridine rings is 1. The van der Waals surface area contributed by atoms with Crippen LogP contribution in [0.5, 0.6) is 0 Å². The molecule has 1 aromatic heterocycles. The largest absolute Gasteiger partial charge is 0.396 e. The summed E-state index contributed by atoms with van der Waals surface area (Å²) in [7, 11) is 0. The van der Waals surface area contributed by atoms with E-state index in [-0.39, 0.29) is 35.7 Å². The first-order chi connectivity index (χ1) is 14.5. The van der Waals surface area contributed by atoms with Crippen LogP contribution in [0.2, 0.25) is 0 Å². The molecule has 1 amide bonds. The van der Waals surface area contributed by atoms with Crippen molar-refractivity contribution in [3.8, 4) is 0 Å². The van der Waals surface area contributed by atoms with Gasteiger partial charge in [-0.1, -0.05) is 18.2 Å². The summed E-state index contributed by atoms with van der Waals surface area (Å²) in [5.74, 6) is -0.252. The molecule has 1 unspecified atom stereocenters. The van der Waals surface area contributed by atoms with Crippen LogP contribution in [0.4, 0.5) is 0 Å². The highest BCUT2D eigenvalue weighted by Gasteiger charge is 2.40. The normalized spacial score (nSPS) is 23.9. The fourth-order valence-electron chi connectivity index (χ4n) is 5.39. The zero-order valence-electron chi connectivity index (χ0n) is 18.0. The van der Waals surface area contributed by atoms with E-state index in [1.165, 1.54) is 12.8 Å². The van der Waals surface area contributed by atoms with Gasteiger partial charge in [-0.2, -0.15) is 0 Å². The predicted molar refractivity (Wildman–Crippen MR) is 119 cm³/mol. The number of aliphatic hydroxyl groups is 1. The van der Waals surface area contributed by atoms with Crippen LogP contribution in [0.3, 0.4) is 0 Å². The van der Waals surface area contributed by atoms with Gasteiger partial charge in [0.1, 0.15) is 5.56 Å². The third-order valence-electron chi connectivity index (χ3n) is 6.75. The van der Waals surface area contributed by atoms with Crippen molar-refractivity contribution >= 4 is 16.8 Å². The Hall–Kier alpha value is -2.18. The zero-order valence-corrected chi connectivity index (χ0v) is 18.0. The third kappa shape index (κ3) is 4.03. The van der Waals surface area contributed by atoms with Crippen molar-refractivity contribution < 1.29 is 9.90 Å². The van der Waals surface area contributed by atoms with Gasteiger partial charge in [0.25, 0.3) is 11.5 Å². The molecule has 2 N–H and O–H groups in total. The van der Waals surface area contributed by atoms with Crippen molar-refractivity contribution in [1.29, 1.82) is 0 Å². The molecule has 30 heavy (non-hydrogen) atoms. The number of unbranched alkanes of at least 4 members (excludes halogenated alkanes) is 1. The Morgan fingerprint density at radius 2 is 1.87 bits per heavy atom. The molecular weight excluding hydrogens is 378 g/mol. The molecule has 2 fully saturated rings. The van der Waals surface area contributed by atoms with Crippen molar-refractivity contribution in [2.24, 2.45) is 0 Å². The topological polar surface area (TPSA) is 74.6 Å². The number of hydrogen-bond acceptors (Lipinski definition) is 4. The zero-order chi connectivity index (χ0) is 21.3. The molecular formula is C24H33N3O3. The number of para-hydroxylation sites is 1. The fourth-order valence-corrected chi connectivity index (χ4v) is 5.39. The van der Waals surface area contributed by atoms with E-state index < -0.39 is 0 Å². The first-order valence-corrected chi connectivity index (χ1v) is 11.3. The van der Waals surface area contributed by atoms with Gasteiger partial charge in [0.15, 0.2) is 0 Å². The van der Waals surface area contributed by atoms with Gasteiger partial charge in [-0.15, -0.1) is 0 Å². The Bertz CT molecular complexity index is 954. The molecule has 2 aliphatic heterocycles. The number of amides is 1. The van der Waals surface area contributed by atoms with Gasteiger partial charge in [0.2, 0.25) is 0 Å². The molecule has 4 rings (SSSR count). The molecule has 2 aromatic rings. The number of benzene rings is 1. The molecule has 0 spiro atoms. The highest BCUT2D eigenvalue weighted by atomic mass is 16.3. The lowest BCUT2D eigenvalue weighted by Crippen LogP contribution is -2.51. The summed E-state index contributed by atoms with van der Waals surface area (Å²) < 4.78 is 1.72. The summed E-state index contributed by atoms with van der Waals surface area (Å²) in [6.45, 7) is 5.22. The molecule has 0 radical (unpaired) electrons. The second-order valence-corrected chi connectivity index (χ2v) is 9.08. The molecule has 6 nitrogen and oxygen atoms in total. The summed E-state index contributed by atoms with van der Waals surface area (Å²) in [4.78, 5) is 28.8. The number of nitrogens with one attached hydrogen (secondary N) is 1. The SMILES string of the molecule is CC(C)n1c(=O)c(C(=O)NC2C[C@H]3CC[C@@H](C2)N3CCCCO)cc2ccccc21. The predicted octanol–water partition coefficient (Wildman–Crippen LogP) is 3.08. The number of aromatic nitrogens is 1. The molecule has 2 aliphatic rings. The number of aliphatic hydroxyl groups excluding tert-OH is 1. The van der Waals surface area contributed by atoms with Crippen molar-refractivity contribution in [2.75, 3.05) is 13.2 Å². The quantitative estimate of drug-likeness (QED) is 0.687. The molecule has 6 heteroatoms. The fraction of sp³-hybridized carbons (Fsp3) is 0.583. The number of fused-ring (bicyclic) bond motifs is 3. The first kappa shape index (κ1) is 21.1. The van der Waals surface area contributed by atoms with Crippen LogP contribution in [0.15, 0.2) is 35.1 Å². The van der Waals surface area contributed by atoms with Gasteiger partial charge in [-0.25, -0.2) is 0 Å². The Labute approximate surface area is 177 Å². The first-order valence-electron chi connectivity index (χ1n) is 11.3. The molecule has 2 bridgehead atoms. The monoisotopic (exact) mass is 411 g/mol. The Morgan fingerprint density at radius 3 is 2.53 bits per heavy atom. The number of piperidine rings is 1. The molecule has 0 saturated carbocycles. The minimum absolute atomic E-state index is 0.0202. The molecule has 162 valence electrons. The maximum Gasteiger partial charge on any atom is 0.264 e. The molecule has 3 heterocycles. The van der Waals surface area contributed by atoms with E-state index in [1.54, 1.807) is 10.6 Å². The van der Waals surface area contributed by atoms with Crippen LogP contribution in [0.1, 0.15) is 68.8 Å². The van der Waals surface area contributed by atoms with Gasteiger partial charge in [0, 0.05) is 30.8 Å². The van der Waals surface area contributed by atoms with E-state index in [0.29, 0.717) is 12.1 Å². The van der Waals surface area contributed by atoms with Gasteiger partial charge in [-0.05, 0) is 76.4 Å². The average molecular weight is 412 g/mol. The van der Waals surface area contributed by atoms with E-state index >= 15 is 0 Å². The second-order valence-electron chi connectivity index (χ2n) is 9.08. The van der Waals surface area contributed by atoms with E-state index in [1.807, 2.05) is 38.1 Å². The summed E-state index contributed by atoms with van der Waals surface area (Å²) in [5, 5.41) is 13.1. The Kier molecular flexibility index (Phi) is 6.25. The highest BCUT2D eigenvalue weighted by Crippen LogP contribution is 2.36. The van der Waals surface area contributed by atoms with Gasteiger partial charge >= 0.3 is 0 Å². The van der Waals surface area contributed by atoms with E-state index in [9.17, 15) is 9.59 Å². The summed E-state index contributed by atoms with van der Waals surface area (Å²) >= 11 is 0. The molecule has 0 aliphatic carbocycles. The Balaban J connectivity index is 1.51. The van der Waals surface area contributed by atoms with E-state index in [2.05, 4.69) is 10.2 Å². The second kappa shape index (κ2) is 8.90. The van der Waals surface area contributed by atoms with Gasteiger partial charge < -0.3 is 15.0 Å². The number of nitrogens with zero attached hydrogens (tertiary/aromatic N) is 2. The lowest BCUT2D eigenvalue weighted by Gasteiger charge is -2.39. The number of carbonyl (C=O) groups is 1. The summed E-state index contributed by atoms with van der Waals surface area (Å²) in [5.41, 5.74) is 0.883. The molecule has 2 saturated heterocycles. The molecule has 1 aromatic carbocycles. The summed E-state index contributed by atoms with van der Waals surface area (Å²) in [6.07, 6.45) is 6.09. The van der Waals surface area contributed by atoms with Crippen LogP contribution < -0.4 is 10.9 Å². The average Bonchev–Trinajstić information content (AvgIpc) is 2.95. The lowest BCUT2D eigenvalue weighted by atomic mass is 9.96. The van der Waals surface area contributed by atoms with Crippen LogP contribution in [0.25, 0.3) is 10.9 Å². The number of rotatable bonds is 7. The standard InChI is InChI=1S/C24H33N3O3/c1-16(2)27-22-8-4-3-7-17(22)13-21(24(27)30)23(29)25-18-14-19-9-10-20(15-18)26(19)11-5-6-12-28/h3-4,7-8,13,16,18-20,28H,5-6,9-12,14-15H2,1-2H3,(H,25,29)/t18?,19-,20+. The van der Waals surface area contributed by atoms with Crippen LogP contribution >= 0.6 is 0 Å². The highest BCUT2D eigenvalue weighted by molar-refractivity contribution is 5.97. The summed E-state index contributed by atoms with van der Waals surface area (Å²) in [6, 6.07) is 10.6. The maximum absolute atomic E-state index is 13.1. The van der Waals surface area contributed by atoms with Crippen molar-refractivity contribution in [3.05, 3.63) is 46.2 Å². The van der Waals surface area contributed by atoms with Gasteiger partial charge in [0.05, 0.1) is 5.52 Å². The number of hydrogen-bond donors (Lipinski definition) is 2. The van der Waals surface area contributed by atoms with Crippen molar-refractivity contribution in [3.63, 3.8) is 0 Å². The van der Waals surface area contributed by atoms with E-state index in [4.69, 9.17) is 5.11 Å². The maximum atomic E-state index is 13.1. The van der Waals surface area contributed by atoms with Crippen molar-refractivity contribution in [2.45, 2.75) is 76.5 Å². The molecule has 3 atom stereocenters. The Morgan fingerprint density at radius 1 is 1.17 bits per heavy atom. The van der Waals surface area contributed by atoms with Crippen molar-refractivity contribution in [1.82, 2.24) is 14.8 Å². The third-order valence-corrected chi connectivity index (χ3v) is 6.75. The minimum atomic E-state index is -0.252. The van der Waals surface area contributed by atoms with E-state index in [0.717, 1.165) is 43.1 Å². The van der Waals surface area contributed by atoms with Crippen LogP contribution in [-0.4, -0.2) is 51.8 Å². The number of carbonyl (C=O) groups excluding carboxylic acids is 1.